The highest BCUT2D eigenvalue weighted by atomic mass is 16.3. The number of pyridine rings is 1. The van der Waals surface area contributed by atoms with E-state index in [1.54, 1.807) is 24.4 Å². The largest absolute Gasteiger partial charge is 0.394 e. The highest BCUT2D eigenvalue weighted by Crippen LogP contribution is 2.16. The molecule has 1 heterocycles. The van der Waals surface area contributed by atoms with Crippen molar-refractivity contribution >= 4 is 22.6 Å². The van der Waals surface area contributed by atoms with Crippen LogP contribution in [0.3, 0.4) is 0 Å². The minimum absolute atomic E-state index is 0.283. The zero-order chi connectivity index (χ0) is 13.8. The second-order valence-electron chi connectivity index (χ2n) is 4.19. The Morgan fingerprint density at radius 2 is 2.05 bits per heavy atom. The summed E-state index contributed by atoms with van der Waals surface area (Å²) in [6.45, 7) is 0.913. The molecule has 0 saturated carbocycles. The summed E-state index contributed by atoms with van der Waals surface area (Å²) in [5.74, 6) is -0.679. The molecule has 1 unspecified atom stereocenters. The number of aromatic nitrogens is 1. The van der Waals surface area contributed by atoms with Gasteiger partial charge in [-0.2, -0.15) is 0 Å². The summed E-state index contributed by atoms with van der Waals surface area (Å²) in [4.78, 5) is 27.5. The van der Waals surface area contributed by atoms with Crippen molar-refractivity contribution in [2.45, 2.75) is 13.0 Å². The van der Waals surface area contributed by atoms with Crippen molar-refractivity contribution in [2.24, 2.45) is 0 Å². The molecule has 0 aliphatic rings. The van der Waals surface area contributed by atoms with Gasteiger partial charge in [0, 0.05) is 11.6 Å². The van der Waals surface area contributed by atoms with Crippen LogP contribution in [-0.2, 0) is 4.79 Å². The van der Waals surface area contributed by atoms with Gasteiger partial charge in [0.25, 0.3) is 5.91 Å². The molecular formula is C14H14N2O3. The van der Waals surface area contributed by atoms with E-state index in [4.69, 9.17) is 5.11 Å². The molecule has 1 aromatic heterocycles. The first kappa shape index (κ1) is 13.2. The van der Waals surface area contributed by atoms with Gasteiger partial charge >= 0.3 is 0 Å². The minimum Gasteiger partial charge on any atom is -0.394 e. The summed E-state index contributed by atoms with van der Waals surface area (Å²) in [5.41, 5.74) is 1.14. The minimum atomic E-state index is -0.876. The zero-order valence-electron chi connectivity index (χ0n) is 10.5. The van der Waals surface area contributed by atoms with Crippen LogP contribution in [0.4, 0.5) is 0 Å². The van der Waals surface area contributed by atoms with Crippen molar-refractivity contribution < 1.29 is 14.7 Å². The second kappa shape index (κ2) is 5.58. The van der Waals surface area contributed by atoms with Gasteiger partial charge in [-0.05, 0) is 19.1 Å². The van der Waals surface area contributed by atoms with Gasteiger partial charge in [-0.3, -0.25) is 14.6 Å². The van der Waals surface area contributed by atoms with E-state index in [1.165, 1.54) is 6.92 Å². The molecule has 5 heteroatoms. The van der Waals surface area contributed by atoms with Crippen LogP contribution in [0.15, 0.2) is 36.5 Å². The molecule has 98 valence electrons. The first-order valence-electron chi connectivity index (χ1n) is 5.89. The number of hydrogen-bond acceptors (Lipinski definition) is 4. The molecule has 2 rings (SSSR count). The Morgan fingerprint density at radius 1 is 1.32 bits per heavy atom. The van der Waals surface area contributed by atoms with Gasteiger partial charge in [0.15, 0.2) is 5.78 Å². The summed E-state index contributed by atoms with van der Waals surface area (Å²) in [6, 6.07) is 7.96. The quantitative estimate of drug-likeness (QED) is 0.854. The molecule has 1 atom stereocenters. The fraction of sp³-hybridized carbons (Fsp3) is 0.214. The number of hydrogen-bond donors (Lipinski definition) is 2. The number of nitrogens with zero attached hydrogens (tertiary/aromatic N) is 1. The highest BCUT2D eigenvalue weighted by molar-refractivity contribution is 6.07. The molecule has 0 bridgehead atoms. The lowest BCUT2D eigenvalue weighted by atomic mass is 10.1. The van der Waals surface area contributed by atoms with E-state index in [2.05, 4.69) is 10.3 Å². The van der Waals surface area contributed by atoms with Crippen LogP contribution in [0.25, 0.3) is 10.9 Å². The number of aliphatic hydroxyl groups is 1. The Balaban J connectivity index is 2.34. The van der Waals surface area contributed by atoms with E-state index in [9.17, 15) is 9.59 Å². The Labute approximate surface area is 110 Å². The molecule has 0 spiro atoms. The van der Waals surface area contributed by atoms with Gasteiger partial charge in [0.1, 0.15) is 6.04 Å². The van der Waals surface area contributed by atoms with Crippen LogP contribution in [0.1, 0.15) is 17.3 Å². The van der Waals surface area contributed by atoms with Crippen molar-refractivity contribution in [1.29, 1.82) is 0 Å². The molecular weight excluding hydrogens is 244 g/mol. The fourth-order valence-electron chi connectivity index (χ4n) is 1.81. The Kier molecular flexibility index (Phi) is 3.87. The topological polar surface area (TPSA) is 79.3 Å². The van der Waals surface area contributed by atoms with Gasteiger partial charge < -0.3 is 10.4 Å². The van der Waals surface area contributed by atoms with Crippen molar-refractivity contribution in [3.8, 4) is 0 Å². The molecule has 5 nitrogen and oxygen atoms in total. The molecule has 1 amide bonds. The van der Waals surface area contributed by atoms with Crippen LogP contribution in [0.2, 0.25) is 0 Å². The van der Waals surface area contributed by atoms with Gasteiger partial charge in [0.2, 0.25) is 0 Å². The van der Waals surface area contributed by atoms with E-state index in [1.807, 2.05) is 12.1 Å². The number of carbonyl (C=O) groups is 2. The van der Waals surface area contributed by atoms with Crippen molar-refractivity contribution in [3.05, 3.63) is 42.1 Å². The number of aliphatic hydroxyl groups excluding tert-OH is 1. The maximum absolute atomic E-state index is 12.1. The molecule has 0 saturated heterocycles. The van der Waals surface area contributed by atoms with Gasteiger partial charge in [-0.25, -0.2) is 0 Å². The third-order valence-corrected chi connectivity index (χ3v) is 2.87. The van der Waals surface area contributed by atoms with Crippen molar-refractivity contribution in [1.82, 2.24) is 10.3 Å². The molecule has 0 radical (unpaired) electrons. The number of carbonyl (C=O) groups excluding carboxylic acids is 2. The number of Topliss-reactive ketones (excluding diaryl/α,β-unsaturated/α-hetero) is 1. The standard InChI is InChI=1S/C14H14N2O3/c1-9(18)13(8-17)16-14(19)11-6-7-15-12-5-3-2-4-10(11)12/h2-7,13,17H,8H2,1H3,(H,16,19). The number of benzene rings is 1. The number of para-hydroxylation sites is 1. The fourth-order valence-corrected chi connectivity index (χ4v) is 1.81. The molecule has 0 aliphatic carbocycles. The number of fused-ring (bicyclic) bond motifs is 1. The number of nitrogens with one attached hydrogen (secondary N) is 1. The van der Waals surface area contributed by atoms with Crippen molar-refractivity contribution in [3.63, 3.8) is 0 Å². The van der Waals surface area contributed by atoms with Crippen LogP contribution in [0, 0.1) is 0 Å². The molecule has 2 N–H and O–H groups in total. The first-order valence-corrected chi connectivity index (χ1v) is 5.89. The Hall–Kier alpha value is -2.27. The van der Waals surface area contributed by atoms with Crippen LogP contribution in [-0.4, -0.2) is 34.4 Å². The van der Waals surface area contributed by atoms with Gasteiger partial charge in [-0.15, -0.1) is 0 Å². The maximum atomic E-state index is 12.1. The first-order chi connectivity index (χ1) is 9.13. The monoisotopic (exact) mass is 258 g/mol. The number of amides is 1. The summed E-state index contributed by atoms with van der Waals surface area (Å²) in [7, 11) is 0. The summed E-state index contributed by atoms with van der Waals surface area (Å²) in [6.07, 6.45) is 1.54. The number of rotatable bonds is 4. The average Bonchev–Trinajstić information content (AvgIpc) is 2.43. The Bertz CT molecular complexity index is 620. The lowest BCUT2D eigenvalue weighted by Crippen LogP contribution is -2.42. The van der Waals surface area contributed by atoms with E-state index < -0.39 is 18.6 Å². The summed E-state index contributed by atoms with van der Waals surface area (Å²) >= 11 is 0. The van der Waals surface area contributed by atoms with Gasteiger partial charge in [-0.1, -0.05) is 18.2 Å². The Morgan fingerprint density at radius 3 is 2.74 bits per heavy atom. The average molecular weight is 258 g/mol. The highest BCUT2D eigenvalue weighted by Gasteiger charge is 2.18. The molecule has 0 aliphatic heterocycles. The lowest BCUT2D eigenvalue weighted by molar-refractivity contribution is -0.119. The molecule has 19 heavy (non-hydrogen) atoms. The van der Waals surface area contributed by atoms with Crippen LogP contribution >= 0.6 is 0 Å². The molecule has 0 fully saturated rings. The van der Waals surface area contributed by atoms with E-state index >= 15 is 0 Å². The van der Waals surface area contributed by atoms with Crippen LogP contribution < -0.4 is 5.32 Å². The lowest BCUT2D eigenvalue weighted by Gasteiger charge is -2.13. The third kappa shape index (κ3) is 2.77. The SMILES string of the molecule is CC(=O)C(CO)NC(=O)c1ccnc2ccccc12. The van der Waals surface area contributed by atoms with E-state index in [-0.39, 0.29) is 5.78 Å². The van der Waals surface area contributed by atoms with E-state index in [0.29, 0.717) is 16.5 Å². The normalized spacial score (nSPS) is 12.1. The van der Waals surface area contributed by atoms with Gasteiger partial charge in [0.05, 0.1) is 17.7 Å². The zero-order valence-corrected chi connectivity index (χ0v) is 10.5. The summed E-state index contributed by atoms with van der Waals surface area (Å²) in [5, 5.41) is 12.3. The number of ketones is 1. The predicted octanol–water partition coefficient (Wildman–Crippen LogP) is 0.914. The summed E-state index contributed by atoms with van der Waals surface area (Å²) < 4.78 is 0. The molecule has 2 aromatic rings. The van der Waals surface area contributed by atoms with Crippen molar-refractivity contribution in [2.75, 3.05) is 6.61 Å². The second-order valence-corrected chi connectivity index (χ2v) is 4.19. The smallest absolute Gasteiger partial charge is 0.252 e. The molecule has 1 aromatic carbocycles. The van der Waals surface area contributed by atoms with E-state index in [0.717, 1.165) is 0 Å². The maximum Gasteiger partial charge on any atom is 0.252 e. The van der Waals surface area contributed by atoms with Crippen LogP contribution in [0.5, 0.6) is 0 Å². The predicted molar refractivity (Wildman–Crippen MR) is 70.8 cm³/mol. The third-order valence-electron chi connectivity index (χ3n) is 2.87.